The Labute approximate surface area is 203 Å². The van der Waals surface area contributed by atoms with Gasteiger partial charge >= 0.3 is 0 Å². The van der Waals surface area contributed by atoms with Crippen LogP contribution in [0.25, 0.3) is 0 Å². The van der Waals surface area contributed by atoms with Gasteiger partial charge in [0.15, 0.2) is 11.5 Å². The maximum absolute atomic E-state index is 13.4. The summed E-state index contributed by atoms with van der Waals surface area (Å²) in [6, 6.07) is 12.8. The molecule has 0 saturated heterocycles. The number of nitrogens with one attached hydrogen (secondary N) is 1. The first kappa shape index (κ1) is 23.3. The van der Waals surface area contributed by atoms with Crippen LogP contribution < -0.4 is 10.1 Å². The molecule has 2 aromatic carbocycles. The van der Waals surface area contributed by atoms with E-state index in [0.29, 0.717) is 28.5 Å². The highest BCUT2D eigenvalue weighted by Gasteiger charge is 2.24. The van der Waals surface area contributed by atoms with Crippen molar-refractivity contribution in [3.63, 3.8) is 0 Å². The summed E-state index contributed by atoms with van der Waals surface area (Å²) in [6.07, 6.45) is 8.13. The van der Waals surface area contributed by atoms with Crippen molar-refractivity contribution in [2.24, 2.45) is 4.99 Å². The number of phenols is 1. The number of phenolic OH excluding ortho intramolecular Hbond substituents is 1. The van der Waals surface area contributed by atoms with Crippen LogP contribution in [-0.2, 0) is 12.8 Å². The third kappa shape index (κ3) is 5.57. The monoisotopic (exact) mass is 482 g/mol. The molecule has 0 radical (unpaired) electrons. The third-order valence-electron chi connectivity index (χ3n) is 5.59. The fourth-order valence-corrected chi connectivity index (χ4v) is 5.46. The fraction of sp³-hybridized carbons (Fsp3) is 0.308. The zero-order chi connectivity index (χ0) is 23.2. The van der Waals surface area contributed by atoms with Gasteiger partial charge in [0.2, 0.25) is 0 Å². The molecule has 1 aromatic heterocycles. The molecule has 1 aliphatic rings. The second kappa shape index (κ2) is 10.9. The van der Waals surface area contributed by atoms with Crippen molar-refractivity contribution >= 4 is 45.7 Å². The molecule has 0 aliphatic heterocycles. The topological polar surface area (TPSA) is 70.9 Å². The molecule has 0 fully saturated rings. The van der Waals surface area contributed by atoms with E-state index in [-0.39, 0.29) is 16.7 Å². The van der Waals surface area contributed by atoms with Gasteiger partial charge in [-0.1, -0.05) is 42.6 Å². The number of aryl methyl sites for hydroxylation is 1. The van der Waals surface area contributed by atoms with Crippen LogP contribution in [0.4, 0.5) is 10.7 Å². The number of amides is 1. The van der Waals surface area contributed by atoms with E-state index in [9.17, 15) is 9.90 Å². The number of hydrogen-bond donors (Lipinski definition) is 2. The average molecular weight is 483 g/mol. The van der Waals surface area contributed by atoms with Crippen LogP contribution >= 0.6 is 22.9 Å². The van der Waals surface area contributed by atoms with Crippen molar-refractivity contribution in [2.45, 2.75) is 45.4 Å². The van der Waals surface area contributed by atoms with E-state index < -0.39 is 0 Å². The molecule has 3 aromatic rings. The van der Waals surface area contributed by atoms with Gasteiger partial charge in [0.1, 0.15) is 5.00 Å². The standard InChI is InChI=1S/C26H27ClN2O3S/c1-2-32-21-15-17(14-20(27)24(21)30)16-28-26-23(25(31)29-18-10-6-5-7-11-18)19-12-8-3-4-9-13-22(19)33-26/h5-7,10-11,14-16,30H,2-4,8-9,12-13H2,1H3,(H,29,31). The van der Waals surface area contributed by atoms with Gasteiger partial charge in [0.05, 0.1) is 17.2 Å². The number of aliphatic imine (C=N–C) groups is 1. The van der Waals surface area contributed by atoms with Crippen molar-refractivity contribution in [2.75, 3.05) is 11.9 Å². The molecule has 2 N–H and O–H groups in total. The summed E-state index contributed by atoms with van der Waals surface area (Å²) < 4.78 is 5.47. The van der Waals surface area contributed by atoms with Crippen LogP contribution in [0.1, 0.15) is 59.0 Å². The number of hydrogen-bond acceptors (Lipinski definition) is 5. The Kier molecular flexibility index (Phi) is 7.68. The lowest BCUT2D eigenvalue weighted by atomic mass is 9.96. The van der Waals surface area contributed by atoms with Gasteiger partial charge < -0.3 is 15.2 Å². The SMILES string of the molecule is CCOc1cc(C=Nc2sc3c(c2C(=O)Nc2ccccc2)CCCCCC3)cc(Cl)c1O. The number of fused-ring (bicyclic) bond motifs is 1. The van der Waals surface area contributed by atoms with Gasteiger partial charge in [0, 0.05) is 16.8 Å². The first-order valence-electron chi connectivity index (χ1n) is 11.3. The van der Waals surface area contributed by atoms with E-state index in [1.165, 1.54) is 17.7 Å². The van der Waals surface area contributed by atoms with E-state index in [2.05, 4.69) is 5.32 Å². The van der Waals surface area contributed by atoms with Gasteiger partial charge in [-0.2, -0.15) is 0 Å². The number of para-hydroxylation sites is 1. The quantitative estimate of drug-likeness (QED) is 0.366. The Bertz CT molecular complexity index is 1160. The minimum Gasteiger partial charge on any atom is -0.503 e. The summed E-state index contributed by atoms with van der Waals surface area (Å²) in [4.78, 5) is 19.3. The molecule has 0 atom stereocenters. The molecular weight excluding hydrogens is 456 g/mol. The van der Waals surface area contributed by atoms with Crippen LogP contribution in [-0.4, -0.2) is 23.8 Å². The Hall–Kier alpha value is -2.83. The molecule has 1 heterocycles. The fourth-order valence-electron chi connectivity index (χ4n) is 4.01. The molecule has 33 heavy (non-hydrogen) atoms. The predicted octanol–water partition coefficient (Wildman–Crippen LogP) is 7.17. The summed E-state index contributed by atoms with van der Waals surface area (Å²) in [5.41, 5.74) is 3.23. The average Bonchev–Trinajstić information content (AvgIpc) is 3.12. The first-order chi connectivity index (χ1) is 16.1. The van der Waals surface area contributed by atoms with Gasteiger partial charge in [-0.05, 0) is 68.0 Å². The summed E-state index contributed by atoms with van der Waals surface area (Å²) >= 11 is 7.77. The summed E-state index contributed by atoms with van der Waals surface area (Å²) in [5, 5.41) is 14.0. The maximum atomic E-state index is 13.4. The molecule has 0 spiro atoms. The number of carbonyl (C=O) groups excluding carboxylic acids is 1. The second-order valence-corrected chi connectivity index (χ2v) is 9.45. The number of carbonyl (C=O) groups is 1. The smallest absolute Gasteiger partial charge is 0.259 e. The van der Waals surface area contributed by atoms with Crippen LogP contribution in [0.5, 0.6) is 11.5 Å². The molecule has 0 bridgehead atoms. The van der Waals surface area contributed by atoms with Crippen molar-refractivity contribution in [3.8, 4) is 11.5 Å². The number of thiophene rings is 1. The minimum atomic E-state index is -0.134. The predicted molar refractivity (Wildman–Crippen MR) is 136 cm³/mol. The highest BCUT2D eigenvalue weighted by molar-refractivity contribution is 7.16. The van der Waals surface area contributed by atoms with Gasteiger partial charge in [-0.25, -0.2) is 4.99 Å². The number of ether oxygens (including phenoxy) is 1. The number of halogens is 1. The zero-order valence-corrected chi connectivity index (χ0v) is 20.1. The first-order valence-corrected chi connectivity index (χ1v) is 12.5. The number of benzene rings is 2. The molecule has 7 heteroatoms. The number of aromatic hydroxyl groups is 1. The van der Waals surface area contributed by atoms with Gasteiger partial charge in [-0.3, -0.25) is 4.79 Å². The third-order valence-corrected chi connectivity index (χ3v) is 7.08. The Balaban J connectivity index is 1.71. The molecular formula is C26H27ClN2O3S. The largest absolute Gasteiger partial charge is 0.503 e. The number of rotatable bonds is 6. The van der Waals surface area contributed by atoms with Crippen LogP contribution in [0.2, 0.25) is 5.02 Å². The summed E-state index contributed by atoms with van der Waals surface area (Å²) in [7, 11) is 0. The second-order valence-electron chi connectivity index (χ2n) is 7.96. The molecule has 4 rings (SSSR count). The summed E-state index contributed by atoms with van der Waals surface area (Å²) in [6.45, 7) is 2.25. The van der Waals surface area contributed by atoms with E-state index in [1.807, 2.05) is 37.3 Å². The Morgan fingerprint density at radius 3 is 2.70 bits per heavy atom. The molecule has 5 nitrogen and oxygen atoms in total. The van der Waals surface area contributed by atoms with Crippen LogP contribution in [0.3, 0.4) is 0 Å². The summed E-state index contributed by atoms with van der Waals surface area (Å²) in [5.74, 6) is 0.0924. The molecule has 0 unspecified atom stereocenters. The molecule has 172 valence electrons. The van der Waals surface area contributed by atoms with Crippen molar-refractivity contribution < 1.29 is 14.6 Å². The van der Waals surface area contributed by atoms with Gasteiger partial charge in [0.25, 0.3) is 5.91 Å². The van der Waals surface area contributed by atoms with Crippen molar-refractivity contribution in [1.29, 1.82) is 0 Å². The zero-order valence-electron chi connectivity index (χ0n) is 18.6. The van der Waals surface area contributed by atoms with Gasteiger partial charge in [-0.15, -0.1) is 11.3 Å². The maximum Gasteiger partial charge on any atom is 0.259 e. The highest BCUT2D eigenvalue weighted by Crippen LogP contribution is 2.40. The highest BCUT2D eigenvalue weighted by atomic mass is 35.5. The lowest BCUT2D eigenvalue weighted by molar-refractivity contribution is 0.102. The Morgan fingerprint density at radius 2 is 1.94 bits per heavy atom. The lowest BCUT2D eigenvalue weighted by Crippen LogP contribution is -2.14. The van der Waals surface area contributed by atoms with Crippen LogP contribution in [0.15, 0.2) is 47.5 Å². The van der Waals surface area contributed by atoms with Crippen molar-refractivity contribution in [3.05, 3.63) is 69.1 Å². The number of anilines is 1. The molecule has 0 saturated carbocycles. The van der Waals surface area contributed by atoms with Crippen molar-refractivity contribution in [1.82, 2.24) is 0 Å². The Morgan fingerprint density at radius 1 is 1.18 bits per heavy atom. The van der Waals surface area contributed by atoms with E-state index in [0.717, 1.165) is 36.9 Å². The molecule has 1 aliphatic carbocycles. The van der Waals surface area contributed by atoms with Crippen LogP contribution in [0, 0.1) is 0 Å². The normalized spacial score (nSPS) is 13.9. The van der Waals surface area contributed by atoms with E-state index in [1.54, 1.807) is 29.7 Å². The number of nitrogens with zero attached hydrogens (tertiary/aromatic N) is 1. The van der Waals surface area contributed by atoms with E-state index >= 15 is 0 Å². The minimum absolute atomic E-state index is 0.0855. The van der Waals surface area contributed by atoms with E-state index in [4.69, 9.17) is 21.3 Å². The lowest BCUT2D eigenvalue weighted by Gasteiger charge is -2.12. The molecule has 1 amide bonds.